The number of hydrogen-bond donors (Lipinski definition) is 2. The Morgan fingerprint density at radius 3 is 2.62 bits per heavy atom. The largest absolute Gasteiger partial charge is 0.345 e. The molecule has 2 aliphatic rings. The van der Waals surface area contributed by atoms with E-state index < -0.39 is 5.54 Å². The van der Waals surface area contributed by atoms with Gasteiger partial charge < -0.3 is 10.6 Å². The van der Waals surface area contributed by atoms with Crippen LogP contribution >= 0.6 is 0 Å². The Hall–Kier alpha value is -2.01. The number of aromatic nitrogens is 2. The fraction of sp³-hybridized carbons (Fsp3) is 0.526. The summed E-state index contributed by atoms with van der Waals surface area (Å²) >= 11 is 0. The summed E-state index contributed by atoms with van der Waals surface area (Å²) in [5.41, 5.74) is 2.46. The third kappa shape index (κ3) is 2.38. The molecule has 1 aromatic carbocycles. The van der Waals surface area contributed by atoms with Crippen LogP contribution in [-0.4, -0.2) is 29.0 Å². The van der Waals surface area contributed by atoms with E-state index in [1.54, 1.807) is 0 Å². The second kappa shape index (κ2) is 5.24. The summed E-state index contributed by atoms with van der Waals surface area (Å²) in [4.78, 5) is 22.0. The van der Waals surface area contributed by atoms with E-state index in [1.165, 1.54) is 0 Å². The summed E-state index contributed by atoms with van der Waals surface area (Å²) in [6, 6.07) is 6.12. The van der Waals surface area contributed by atoms with Crippen LogP contribution in [0.15, 0.2) is 18.2 Å². The van der Waals surface area contributed by atoms with Crippen LogP contribution in [0.25, 0.3) is 10.9 Å². The van der Waals surface area contributed by atoms with E-state index in [9.17, 15) is 4.79 Å². The second-order valence-corrected chi connectivity index (χ2v) is 7.72. The predicted molar refractivity (Wildman–Crippen MR) is 93.5 cm³/mol. The van der Waals surface area contributed by atoms with Crippen molar-refractivity contribution < 1.29 is 4.79 Å². The Morgan fingerprint density at radius 2 is 1.92 bits per heavy atom. The maximum atomic E-state index is 12.7. The molecule has 0 radical (unpaired) electrons. The van der Waals surface area contributed by atoms with Crippen LogP contribution in [0.1, 0.15) is 30.9 Å². The summed E-state index contributed by atoms with van der Waals surface area (Å²) in [5, 5.41) is 7.60. The number of nitrogens with one attached hydrogen (secondary N) is 2. The summed E-state index contributed by atoms with van der Waals surface area (Å²) in [6.45, 7) is 9.97. The van der Waals surface area contributed by atoms with Crippen LogP contribution < -0.4 is 10.6 Å². The van der Waals surface area contributed by atoms with Gasteiger partial charge in [0.2, 0.25) is 5.91 Å². The Bertz CT molecular complexity index is 819. The average Bonchev–Trinajstić information content (AvgIpc) is 3.01. The van der Waals surface area contributed by atoms with Gasteiger partial charge in [-0.15, -0.1) is 0 Å². The topological polar surface area (TPSA) is 66.9 Å². The molecule has 1 aromatic heterocycles. The smallest absolute Gasteiger partial charge is 0.224 e. The maximum Gasteiger partial charge on any atom is 0.224 e. The Balaban J connectivity index is 1.68. The van der Waals surface area contributed by atoms with Crippen molar-refractivity contribution in [1.82, 2.24) is 20.6 Å². The van der Waals surface area contributed by atoms with Crippen molar-refractivity contribution in [2.24, 2.45) is 17.8 Å². The second-order valence-electron chi connectivity index (χ2n) is 7.72. The van der Waals surface area contributed by atoms with Gasteiger partial charge in [0.1, 0.15) is 5.82 Å². The average molecular weight is 324 g/mol. The molecule has 1 aliphatic carbocycles. The van der Waals surface area contributed by atoms with Gasteiger partial charge in [-0.1, -0.05) is 18.2 Å². The number of hydrogen-bond acceptors (Lipinski definition) is 4. The van der Waals surface area contributed by atoms with Crippen molar-refractivity contribution in [3.05, 3.63) is 35.3 Å². The van der Waals surface area contributed by atoms with Crippen molar-refractivity contribution in [2.45, 2.75) is 33.2 Å². The molecule has 1 saturated carbocycles. The number of aryl methyl sites for hydroxylation is 2. The standard InChI is InChI=1S/C19H24N4O/c1-10-6-5-7-12-16(10)21-11(2)22-17(12)19(3,4)23-18(24)15-13-8-20-9-14(13)15/h5-7,13-15,20H,8-9H2,1-4H3,(H,23,24)/t13-,14+,15?. The van der Waals surface area contributed by atoms with Gasteiger partial charge >= 0.3 is 0 Å². The van der Waals surface area contributed by atoms with E-state index in [4.69, 9.17) is 0 Å². The highest BCUT2D eigenvalue weighted by molar-refractivity contribution is 5.87. The summed E-state index contributed by atoms with van der Waals surface area (Å²) in [7, 11) is 0. The maximum absolute atomic E-state index is 12.7. The zero-order valence-corrected chi connectivity index (χ0v) is 14.7. The number of carbonyl (C=O) groups excluding carboxylic acids is 1. The van der Waals surface area contributed by atoms with E-state index in [2.05, 4.69) is 33.6 Å². The van der Waals surface area contributed by atoms with Crippen molar-refractivity contribution in [2.75, 3.05) is 13.1 Å². The number of carbonyl (C=O) groups is 1. The first kappa shape index (κ1) is 15.5. The van der Waals surface area contributed by atoms with E-state index in [0.717, 1.165) is 41.1 Å². The van der Waals surface area contributed by atoms with Gasteiger partial charge in [-0.25, -0.2) is 9.97 Å². The molecule has 1 aliphatic heterocycles. The van der Waals surface area contributed by atoms with Crippen molar-refractivity contribution in [1.29, 1.82) is 0 Å². The van der Waals surface area contributed by atoms with Crippen LogP contribution in [-0.2, 0) is 10.3 Å². The minimum Gasteiger partial charge on any atom is -0.345 e. The minimum atomic E-state index is -0.527. The molecule has 2 N–H and O–H groups in total. The number of nitrogens with zero attached hydrogens (tertiary/aromatic N) is 2. The number of para-hydroxylation sites is 1. The number of benzene rings is 1. The SMILES string of the molecule is Cc1nc(C(C)(C)NC(=O)C2[C@H]3CNC[C@@H]23)c2cccc(C)c2n1. The van der Waals surface area contributed by atoms with E-state index >= 15 is 0 Å². The number of piperidine rings is 1. The molecule has 24 heavy (non-hydrogen) atoms. The van der Waals surface area contributed by atoms with Gasteiger partial charge in [-0.2, -0.15) is 0 Å². The van der Waals surface area contributed by atoms with Crippen LogP contribution in [0.5, 0.6) is 0 Å². The fourth-order valence-electron chi connectivity index (χ4n) is 4.14. The Kier molecular flexibility index (Phi) is 3.39. The van der Waals surface area contributed by atoms with E-state index in [0.29, 0.717) is 11.8 Å². The fourth-order valence-corrected chi connectivity index (χ4v) is 4.14. The number of rotatable bonds is 3. The predicted octanol–water partition coefficient (Wildman–Crippen LogP) is 2.06. The molecular formula is C19H24N4O. The van der Waals surface area contributed by atoms with Gasteiger partial charge in [0.05, 0.1) is 16.7 Å². The highest BCUT2D eigenvalue weighted by Crippen LogP contribution is 2.49. The van der Waals surface area contributed by atoms with Crippen molar-refractivity contribution in [3.8, 4) is 0 Å². The summed E-state index contributed by atoms with van der Waals surface area (Å²) in [6.07, 6.45) is 0. The Morgan fingerprint density at radius 1 is 1.21 bits per heavy atom. The lowest BCUT2D eigenvalue weighted by atomic mass is 9.94. The van der Waals surface area contributed by atoms with Gasteiger partial charge in [0, 0.05) is 11.3 Å². The van der Waals surface area contributed by atoms with E-state index in [-0.39, 0.29) is 11.8 Å². The van der Waals surface area contributed by atoms with Gasteiger partial charge in [-0.05, 0) is 58.2 Å². The molecule has 5 nitrogen and oxygen atoms in total. The van der Waals surface area contributed by atoms with Crippen LogP contribution in [0.4, 0.5) is 0 Å². The molecule has 2 fully saturated rings. The third-order valence-electron chi connectivity index (χ3n) is 5.46. The van der Waals surface area contributed by atoms with Gasteiger partial charge in [0.25, 0.3) is 0 Å². The molecule has 0 bridgehead atoms. The Labute approximate surface area is 142 Å². The van der Waals surface area contributed by atoms with E-state index in [1.807, 2.05) is 32.9 Å². The molecular weight excluding hydrogens is 300 g/mol. The normalized spacial score (nSPS) is 25.6. The first-order chi connectivity index (χ1) is 11.4. The third-order valence-corrected chi connectivity index (χ3v) is 5.46. The molecule has 4 rings (SSSR count). The molecule has 2 aromatic rings. The lowest BCUT2D eigenvalue weighted by Gasteiger charge is -2.28. The first-order valence-corrected chi connectivity index (χ1v) is 8.65. The van der Waals surface area contributed by atoms with Crippen LogP contribution in [0, 0.1) is 31.6 Å². The molecule has 0 spiro atoms. The van der Waals surface area contributed by atoms with Gasteiger partial charge in [0.15, 0.2) is 0 Å². The zero-order valence-electron chi connectivity index (χ0n) is 14.7. The molecule has 1 saturated heterocycles. The molecule has 1 amide bonds. The number of fused-ring (bicyclic) bond motifs is 2. The lowest BCUT2D eigenvalue weighted by Crippen LogP contribution is -2.44. The quantitative estimate of drug-likeness (QED) is 0.907. The summed E-state index contributed by atoms with van der Waals surface area (Å²) in [5.74, 6) is 2.11. The molecule has 5 heteroatoms. The number of amides is 1. The highest BCUT2D eigenvalue weighted by atomic mass is 16.2. The van der Waals surface area contributed by atoms with Crippen molar-refractivity contribution in [3.63, 3.8) is 0 Å². The highest BCUT2D eigenvalue weighted by Gasteiger charge is 2.57. The first-order valence-electron chi connectivity index (χ1n) is 8.65. The zero-order chi connectivity index (χ0) is 17.1. The summed E-state index contributed by atoms with van der Waals surface area (Å²) < 4.78 is 0. The van der Waals surface area contributed by atoms with Gasteiger partial charge in [-0.3, -0.25) is 4.79 Å². The van der Waals surface area contributed by atoms with Crippen molar-refractivity contribution >= 4 is 16.8 Å². The van der Waals surface area contributed by atoms with Crippen LogP contribution in [0.3, 0.4) is 0 Å². The molecule has 1 unspecified atom stereocenters. The molecule has 126 valence electrons. The molecule has 3 atom stereocenters. The molecule has 2 heterocycles. The monoisotopic (exact) mass is 324 g/mol. The lowest BCUT2D eigenvalue weighted by molar-refractivity contribution is -0.124. The van der Waals surface area contributed by atoms with Crippen LogP contribution in [0.2, 0.25) is 0 Å². The minimum absolute atomic E-state index is 0.161.